The largest absolute Gasteiger partial charge is 0.494 e. The highest BCUT2D eigenvalue weighted by molar-refractivity contribution is 5.99. The van der Waals surface area contributed by atoms with Gasteiger partial charge in [-0.3, -0.25) is 14.7 Å². The highest BCUT2D eigenvalue weighted by atomic mass is 16.5. The van der Waals surface area contributed by atoms with Crippen LogP contribution in [0.15, 0.2) is 48.8 Å². The van der Waals surface area contributed by atoms with Crippen molar-refractivity contribution >= 4 is 23.3 Å². The Morgan fingerprint density at radius 3 is 2.72 bits per heavy atom. The molecule has 7 heteroatoms. The van der Waals surface area contributed by atoms with Crippen LogP contribution in [0.5, 0.6) is 5.75 Å². The lowest BCUT2D eigenvalue weighted by Gasteiger charge is -2.18. The third-order valence-corrected chi connectivity index (χ3v) is 3.83. The predicted molar refractivity (Wildman–Crippen MR) is 94.8 cm³/mol. The summed E-state index contributed by atoms with van der Waals surface area (Å²) < 4.78 is 5.41. The molecule has 1 saturated heterocycles. The number of nitrogens with one attached hydrogen (secondary N) is 1. The lowest BCUT2D eigenvalue weighted by molar-refractivity contribution is -0.116. The lowest BCUT2D eigenvalue weighted by atomic mass is 10.3. The number of carbonyl (C=O) groups excluding carboxylic acids is 2. The number of rotatable bonds is 6. The van der Waals surface area contributed by atoms with Crippen LogP contribution in [0.4, 0.5) is 16.2 Å². The van der Waals surface area contributed by atoms with Crippen LogP contribution in [0.2, 0.25) is 0 Å². The van der Waals surface area contributed by atoms with E-state index in [0.717, 1.165) is 11.4 Å². The Morgan fingerprint density at radius 1 is 1.24 bits per heavy atom. The zero-order valence-corrected chi connectivity index (χ0v) is 14.0. The molecular weight excluding hydrogens is 320 g/mol. The van der Waals surface area contributed by atoms with Gasteiger partial charge in [0.25, 0.3) is 0 Å². The van der Waals surface area contributed by atoms with Crippen LogP contribution in [0.1, 0.15) is 6.92 Å². The second kappa shape index (κ2) is 7.65. The first kappa shape index (κ1) is 16.8. The minimum Gasteiger partial charge on any atom is -0.494 e. The SMILES string of the molecule is CCOc1ccc(N2CCN(CC(=O)Nc3cccnc3)C2=O)cc1. The number of nitrogens with zero attached hydrogens (tertiary/aromatic N) is 3. The molecule has 1 fully saturated rings. The van der Waals surface area contributed by atoms with Crippen LogP contribution in [0.25, 0.3) is 0 Å². The first-order valence-corrected chi connectivity index (χ1v) is 8.16. The van der Waals surface area contributed by atoms with Crippen molar-refractivity contribution in [1.29, 1.82) is 0 Å². The predicted octanol–water partition coefficient (Wildman–Crippen LogP) is 2.36. The van der Waals surface area contributed by atoms with E-state index in [-0.39, 0.29) is 18.5 Å². The molecule has 0 radical (unpaired) electrons. The average molecular weight is 340 g/mol. The van der Waals surface area contributed by atoms with Crippen LogP contribution in [-0.2, 0) is 4.79 Å². The fourth-order valence-corrected chi connectivity index (χ4v) is 2.67. The van der Waals surface area contributed by atoms with Gasteiger partial charge >= 0.3 is 6.03 Å². The molecule has 1 aromatic carbocycles. The number of amides is 3. The third kappa shape index (κ3) is 4.06. The van der Waals surface area contributed by atoms with E-state index in [1.165, 1.54) is 4.90 Å². The van der Waals surface area contributed by atoms with Gasteiger partial charge in [0.05, 0.1) is 18.5 Å². The van der Waals surface area contributed by atoms with Gasteiger partial charge in [-0.1, -0.05) is 0 Å². The summed E-state index contributed by atoms with van der Waals surface area (Å²) in [5.41, 5.74) is 1.41. The molecule has 3 rings (SSSR count). The molecule has 25 heavy (non-hydrogen) atoms. The van der Waals surface area contributed by atoms with E-state index in [0.29, 0.717) is 25.4 Å². The lowest BCUT2D eigenvalue weighted by Crippen LogP contribution is -2.37. The van der Waals surface area contributed by atoms with Crippen LogP contribution >= 0.6 is 0 Å². The van der Waals surface area contributed by atoms with E-state index in [1.807, 2.05) is 31.2 Å². The molecule has 130 valence electrons. The van der Waals surface area contributed by atoms with Gasteiger partial charge in [-0.15, -0.1) is 0 Å². The van der Waals surface area contributed by atoms with Crippen molar-refractivity contribution < 1.29 is 14.3 Å². The molecular formula is C18H20N4O3. The van der Waals surface area contributed by atoms with Gasteiger partial charge < -0.3 is 15.0 Å². The molecule has 0 bridgehead atoms. The molecule has 0 saturated carbocycles. The smallest absolute Gasteiger partial charge is 0.325 e. The third-order valence-electron chi connectivity index (χ3n) is 3.83. The van der Waals surface area contributed by atoms with Crippen LogP contribution < -0.4 is 15.0 Å². The van der Waals surface area contributed by atoms with Gasteiger partial charge in [-0.25, -0.2) is 4.79 Å². The van der Waals surface area contributed by atoms with Crippen molar-refractivity contribution in [1.82, 2.24) is 9.88 Å². The highest BCUT2D eigenvalue weighted by Crippen LogP contribution is 2.23. The molecule has 7 nitrogen and oxygen atoms in total. The monoisotopic (exact) mass is 340 g/mol. The zero-order chi connectivity index (χ0) is 17.6. The molecule has 1 aliphatic heterocycles. The first-order chi connectivity index (χ1) is 12.2. The molecule has 3 amide bonds. The number of hydrogen-bond donors (Lipinski definition) is 1. The number of anilines is 2. The minimum atomic E-state index is -0.241. The fourth-order valence-electron chi connectivity index (χ4n) is 2.67. The summed E-state index contributed by atoms with van der Waals surface area (Å²) in [5.74, 6) is 0.528. The van der Waals surface area contributed by atoms with Crippen molar-refractivity contribution in [2.24, 2.45) is 0 Å². The number of benzene rings is 1. The Labute approximate surface area is 146 Å². The summed E-state index contributed by atoms with van der Waals surface area (Å²) >= 11 is 0. The molecule has 1 aliphatic rings. The molecule has 0 spiro atoms. The summed E-state index contributed by atoms with van der Waals surface area (Å²) in [6, 6.07) is 10.7. The van der Waals surface area contributed by atoms with Gasteiger partial charge in [0, 0.05) is 25.0 Å². The second-order valence-corrected chi connectivity index (χ2v) is 5.57. The van der Waals surface area contributed by atoms with Gasteiger partial charge in [-0.05, 0) is 43.3 Å². The van der Waals surface area contributed by atoms with E-state index in [4.69, 9.17) is 4.74 Å². The van der Waals surface area contributed by atoms with E-state index in [1.54, 1.807) is 29.4 Å². The topological polar surface area (TPSA) is 74.8 Å². The molecule has 1 N–H and O–H groups in total. The number of ether oxygens (including phenoxy) is 1. The quantitative estimate of drug-likeness (QED) is 0.876. The van der Waals surface area contributed by atoms with Crippen molar-refractivity contribution in [3.63, 3.8) is 0 Å². The number of pyridine rings is 1. The maximum absolute atomic E-state index is 12.5. The average Bonchev–Trinajstić information content (AvgIpc) is 2.97. The Morgan fingerprint density at radius 2 is 2.04 bits per heavy atom. The fraction of sp³-hybridized carbons (Fsp3) is 0.278. The molecule has 0 aliphatic carbocycles. The van der Waals surface area contributed by atoms with E-state index < -0.39 is 0 Å². The Hall–Kier alpha value is -3.09. The van der Waals surface area contributed by atoms with E-state index >= 15 is 0 Å². The summed E-state index contributed by atoms with van der Waals surface area (Å²) in [7, 11) is 0. The Balaban J connectivity index is 1.58. The molecule has 1 aromatic heterocycles. The maximum Gasteiger partial charge on any atom is 0.325 e. The summed E-state index contributed by atoms with van der Waals surface area (Å²) in [6.07, 6.45) is 3.20. The summed E-state index contributed by atoms with van der Waals surface area (Å²) in [5, 5.41) is 2.74. The normalized spacial score (nSPS) is 13.9. The van der Waals surface area contributed by atoms with Gasteiger partial charge in [0.15, 0.2) is 0 Å². The summed E-state index contributed by atoms with van der Waals surface area (Å²) in [6.45, 7) is 3.59. The second-order valence-electron chi connectivity index (χ2n) is 5.57. The van der Waals surface area contributed by atoms with Crippen molar-refractivity contribution in [3.05, 3.63) is 48.8 Å². The molecule has 2 aromatic rings. The zero-order valence-electron chi connectivity index (χ0n) is 14.0. The van der Waals surface area contributed by atoms with Gasteiger partial charge in [0.1, 0.15) is 12.3 Å². The van der Waals surface area contributed by atoms with Crippen LogP contribution in [0.3, 0.4) is 0 Å². The number of hydrogen-bond acceptors (Lipinski definition) is 4. The maximum atomic E-state index is 12.5. The minimum absolute atomic E-state index is 0.0151. The van der Waals surface area contributed by atoms with Crippen LogP contribution in [0, 0.1) is 0 Å². The highest BCUT2D eigenvalue weighted by Gasteiger charge is 2.30. The van der Waals surface area contributed by atoms with Crippen LogP contribution in [-0.4, -0.2) is 48.1 Å². The Bertz CT molecular complexity index is 734. The van der Waals surface area contributed by atoms with E-state index in [2.05, 4.69) is 10.3 Å². The molecule has 0 atom stereocenters. The van der Waals surface area contributed by atoms with Crippen molar-refractivity contribution in [3.8, 4) is 5.75 Å². The van der Waals surface area contributed by atoms with Gasteiger partial charge in [0.2, 0.25) is 5.91 Å². The standard InChI is InChI=1S/C18H20N4O3/c1-2-25-16-7-5-15(6-8-16)22-11-10-21(18(22)24)13-17(23)20-14-4-3-9-19-12-14/h3-9,12H,2,10-11,13H2,1H3,(H,20,23). The summed E-state index contributed by atoms with van der Waals surface area (Å²) in [4.78, 5) is 31.8. The molecule has 0 unspecified atom stereocenters. The van der Waals surface area contributed by atoms with Crippen molar-refractivity contribution in [2.75, 3.05) is 36.5 Å². The van der Waals surface area contributed by atoms with E-state index in [9.17, 15) is 9.59 Å². The van der Waals surface area contributed by atoms with Gasteiger partial charge in [-0.2, -0.15) is 0 Å². The number of carbonyl (C=O) groups is 2. The molecule has 2 heterocycles. The van der Waals surface area contributed by atoms with Crippen molar-refractivity contribution in [2.45, 2.75) is 6.92 Å². The number of aromatic nitrogens is 1. The number of urea groups is 1. The first-order valence-electron chi connectivity index (χ1n) is 8.16. The Kier molecular flexibility index (Phi) is 5.13.